The Morgan fingerprint density at radius 1 is 1.21 bits per heavy atom. The van der Waals surface area contributed by atoms with E-state index in [-0.39, 0.29) is 0 Å². The second-order valence-corrected chi connectivity index (χ2v) is 4.19. The SMILES string of the molecule is COc1ccc(CNCc2ccnn2CCF)cc1. The highest BCUT2D eigenvalue weighted by Crippen LogP contribution is 2.11. The first-order chi connectivity index (χ1) is 9.33. The molecule has 0 aliphatic rings. The maximum Gasteiger partial charge on any atom is 0.118 e. The number of halogens is 1. The Morgan fingerprint density at radius 2 is 2.00 bits per heavy atom. The van der Waals surface area contributed by atoms with Crippen LogP contribution in [0.25, 0.3) is 0 Å². The second kappa shape index (κ2) is 6.89. The lowest BCUT2D eigenvalue weighted by atomic mass is 10.2. The van der Waals surface area contributed by atoms with Crippen LogP contribution in [0.1, 0.15) is 11.3 Å². The number of hydrogen-bond donors (Lipinski definition) is 1. The summed E-state index contributed by atoms with van der Waals surface area (Å²) in [6.45, 7) is 1.34. The lowest BCUT2D eigenvalue weighted by molar-refractivity contribution is 0.414. The van der Waals surface area contributed by atoms with Crippen molar-refractivity contribution in [2.75, 3.05) is 13.8 Å². The highest BCUT2D eigenvalue weighted by Gasteiger charge is 2.01. The van der Waals surface area contributed by atoms with Gasteiger partial charge in [-0.05, 0) is 23.8 Å². The molecular weight excluding hydrogens is 245 g/mol. The van der Waals surface area contributed by atoms with Crippen molar-refractivity contribution in [1.82, 2.24) is 15.1 Å². The van der Waals surface area contributed by atoms with E-state index in [4.69, 9.17) is 4.74 Å². The van der Waals surface area contributed by atoms with Crippen LogP contribution in [-0.2, 0) is 19.6 Å². The normalized spacial score (nSPS) is 10.6. The summed E-state index contributed by atoms with van der Waals surface area (Å²) < 4.78 is 19.1. The number of hydrogen-bond acceptors (Lipinski definition) is 3. The van der Waals surface area contributed by atoms with Gasteiger partial charge in [-0.2, -0.15) is 5.10 Å². The number of aromatic nitrogens is 2. The molecule has 2 rings (SSSR count). The number of nitrogens with one attached hydrogen (secondary N) is 1. The molecule has 1 heterocycles. The molecule has 0 bridgehead atoms. The van der Waals surface area contributed by atoms with Gasteiger partial charge in [0.1, 0.15) is 12.4 Å². The van der Waals surface area contributed by atoms with E-state index in [1.54, 1.807) is 18.0 Å². The Labute approximate surface area is 112 Å². The summed E-state index contributed by atoms with van der Waals surface area (Å²) in [5, 5.41) is 7.39. The molecule has 0 fully saturated rings. The van der Waals surface area contributed by atoms with E-state index >= 15 is 0 Å². The summed E-state index contributed by atoms with van der Waals surface area (Å²) in [5.74, 6) is 0.852. The Morgan fingerprint density at radius 3 is 2.68 bits per heavy atom. The maximum atomic E-state index is 12.3. The zero-order valence-corrected chi connectivity index (χ0v) is 11.0. The molecule has 0 radical (unpaired) electrons. The van der Waals surface area contributed by atoms with Gasteiger partial charge in [0.15, 0.2) is 0 Å². The average Bonchev–Trinajstić information content (AvgIpc) is 2.88. The molecule has 0 aliphatic carbocycles. The minimum Gasteiger partial charge on any atom is -0.497 e. The van der Waals surface area contributed by atoms with Crippen molar-refractivity contribution in [3.63, 3.8) is 0 Å². The van der Waals surface area contributed by atoms with Crippen LogP contribution in [-0.4, -0.2) is 23.6 Å². The lowest BCUT2D eigenvalue weighted by Gasteiger charge is -2.08. The summed E-state index contributed by atoms with van der Waals surface area (Å²) in [6.07, 6.45) is 1.69. The molecular formula is C14H18FN3O. The molecule has 0 atom stereocenters. The Balaban J connectivity index is 1.83. The van der Waals surface area contributed by atoms with Gasteiger partial charge in [-0.3, -0.25) is 4.68 Å². The average molecular weight is 263 g/mol. The van der Waals surface area contributed by atoms with Gasteiger partial charge in [0, 0.05) is 19.3 Å². The lowest BCUT2D eigenvalue weighted by Crippen LogP contribution is -2.17. The number of benzene rings is 1. The van der Waals surface area contributed by atoms with Crippen molar-refractivity contribution in [2.45, 2.75) is 19.6 Å². The predicted octanol–water partition coefficient (Wildman–Crippen LogP) is 2.15. The molecule has 0 unspecified atom stereocenters. The van der Waals surface area contributed by atoms with Crippen LogP contribution < -0.4 is 10.1 Å². The molecule has 1 aromatic heterocycles. The van der Waals surface area contributed by atoms with Gasteiger partial charge in [0.2, 0.25) is 0 Å². The molecule has 4 nitrogen and oxygen atoms in total. The van der Waals surface area contributed by atoms with Gasteiger partial charge in [0.05, 0.1) is 19.3 Å². The topological polar surface area (TPSA) is 39.1 Å². The summed E-state index contributed by atoms with van der Waals surface area (Å²) >= 11 is 0. The third-order valence-corrected chi connectivity index (χ3v) is 2.90. The number of aryl methyl sites for hydroxylation is 1. The monoisotopic (exact) mass is 263 g/mol. The highest BCUT2D eigenvalue weighted by atomic mass is 19.1. The first-order valence-corrected chi connectivity index (χ1v) is 6.24. The van der Waals surface area contributed by atoms with Crippen molar-refractivity contribution in [3.8, 4) is 5.75 Å². The largest absolute Gasteiger partial charge is 0.497 e. The van der Waals surface area contributed by atoms with Gasteiger partial charge < -0.3 is 10.1 Å². The molecule has 0 spiro atoms. The smallest absolute Gasteiger partial charge is 0.118 e. The van der Waals surface area contributed by atoms with Gasteiger partial charge in [-0.1, -0.05) is 12.1 Å². The van der Waals surface area contributed by atoms with Gasteiger partial charge in [-0.15, -0.1) is 0 Å². The van der Waals surface area contributed by atoms with Crippen LogP contribution in [0.2, 0.25) is 0 Å². The van der Waals surface area contributed by atoms with Crippen molar-refractivity contribution in [1.29, 1.82) is 0 Å². The van der Waals surface area contributed by atoms with Gasteiger partial charge in [0.25, 0.3) is 0 Å². The first kappa shape index (κ1) is 13.5. The Hall–Kier alpha value is -1.88. The molecule has 0 aliphatic heterocycles. The Kier molecular flexibility index (Phi) is 4.92. The predicted molar refractivity (Wildman–Crippen MR) is 71.7 cm³/mol. The molecule has 1 N–H and O–H groups in total. The van der Waals surface area contributed by atoms with Crippen LogP contribution >= 0.6 is 0 Å². The molecule has 0 amide bonds. The summed E-state index contributed by atoms with van der Waals surface area (Å²) in [5.41, 5.74) is 2.17. The number of methoxy groups -OCH3 is 1. The fraction of sp³-hybridized carbons (Fsp3) is 0.357. The number of ether oxygens (including phenoxy) is 1. The quantitative estimate of drug-likeness (QED) is 0.832. The molecule has 0 saturated heterocycles. The fourth-order valence-electron chi connectivity index (χ4n) is 1.87. The molecule has 102 valence electrons. The third-order valence-electron chi connectivity index (χ3n) is 2.90. The number of nitrogens with zero attached hydrogens (tertiary/aromatic N) is 2. The molecule has 5 heteroatoms. The maximum absolute atomic E-state index is 12.3. The van der Waals surface area contributed by atoms with E-state index in [2.05, 4.69) is 10.4 Å². The highest BCUT2D eigenvalue weighted by molar-refractivity contribution is 5.27. The van der Waals surface area contributed by atoms with Crippen molar-refractivity contribution >= 4 is 0 Å². The van der Waals surface area contributed by atoms with E-state index in [0.717, 1.165) is 18.0 Å². The van der Waals surface area contributed by atoms with Crippen molar-refractivity contribution in [3.05, 3.63) is 47.8 Å². The van der Waals surface area contributed by atoms with E-state index in [9.17, 15) is 4.39 Å². The number of rotatable bonds is 7. The standard InChI is InChI=1S/C14H18FN3O/c1-19-14-4-2-12(3-5-14)10-16-11-13-6-8-17-18(13)9-7-15/h2-6,8,16H,7,9-11H2,1H3. The Bertz CT molecular complexity index is 496. The van der Waals surface area contributed by atoms with E-state index < -0.39 is 6.67 Å². The fourth-order valence-corrected chi connectivity index (χ4v) is 1.87. The van der Waals surface area contributed by atoms with Crippen LogP contribution in [0.4, 0.5) is 4.39 Å². The minimum absolute atomic E-state index is 0.312. The minimum atomic E-state index is -0.396. The van der Waals surface area contributed by atoms with E-state index in [0.29, 0.717) is 13.1 Å². The van der Waals surface area contributed by atoms with Crippen LogP contribution in [0, 0.1) is 0 Å². The summed E-state index contributed by atoms with van der Waals surface area (Å²) in [4.78, 5) is 0. The zero-order chi connectivity index (χ0) is 13.5. The molecule has 1 aromatic carbocycles. The molecule has 2 aromatic rings. The second-order valence-electron chi connectivity index (χ2n) is 4.19. The van der Waals surface area contributed by atoms with Crippen molar-refractivity contribution < 1.29 is 9.13 Å². The van der Waals surface area contributed by atoms with E-state index in [1.807, 2.05) is 30.3 Å². The van der Waals surface area contributed by atoms with Crippen molar-refractivity contribution in [2.24, 2.45) is 0 Å². The van der Waals surface area contributed by atoms with Gasteiger partial charge >= 0.3 is 0 Å². The molecule has 0 saturated carbocycles. The third kappa shape index (κ3) is 3.79. The first-order valence-electron chi connectivity index (χ1n) is 6.24. The zero-order valence-electron chi connectivity index (χ0n) is 11.0. The summed E-state index contributed by atoms with van der Waals surface area (Å²) in [6, 6.07) is 9.81. The number of alkyl halides is 1. The van der Waals surface area contributed by atoms with Gasteiger partial charge in [-0.25, -0.2) is 4.39 Å². The molecule has 19 heavy (non-hydrogen) atoms. The van der Waals surface area contributed by atoms with Crippen LogP contribution in [0.15, 0.2) is 36.5 Å². The van der Waals surface area contributed by atoms with Crippen LogP contribution in [0.3, 0.4) is 0 Å². The van der Waals surface area contributed by atoms with E-state index in [1.165, 1.54) is 5.56 Å². The summed E-state index contributed by atoms with van der Waals surface area (Å²) in [7, 11) is 1.65. The van der Waals surface area contributed by atoms with Crippen LogP contribution in [0.5, 0.6) is 5.75 Å².